The number of halogens is 1. The third-order valence-electron chi connectivity index (χ3n) is 4.98. The number of nitrogens with zero attached hydrogens (tertiary/aromatic N) is 1. The van der Waals surface area contributed by atoms with E-state index in [9.17, 15) is 4.79 Å². The summed E-state index contributed by atoms with van der Waals surface area (Å²) in [5.41, 5.74) is 6.77. The molecule has 0 aromatic heterocycles. The highest BCUT2D eigenvalue weighted by molar-refractivity contribution is 5.94. The second-order valence-electron chi connectivity index (χ2n) is 6.89. The highest BCUT2D eigenvalue weighted by Gasteiger charge is 2.29. The zero-order chi connectivity index (χ0) is 16.9. The predicted octanol–water partition coefficient (Wildman–Crippen LogP) is 3.01. The molecule has 5 nitrogen and oxygen atoms in total. The van der Waals surface area contributed by atoms with Crippen molar-refractivity contribution in [3.8, 4) is 5.75 Å². The van der Waals surface area contributed by atoms with Crippen molar-refractivity contribution in [2.45, 2.75) is 57.2 Å². The molecule has 25 heavy (non-hydrogen) atoms. The van der Waals surface area contributed by atoms with Crippen molar-refractivity contribution in [1.29, 1.82) is 0 Å². The molecule has 2 aliphatic rings. The lowest BCUT2D eigenvalue weighted by Crippen LogP contribution is -2.51. The summed E-state index contributed by atoms with van der Waals surface area (Å²) in [6.07, 6.45) is 5.56. The van der Waals surface area contributed by atoms with Crippen LogP contribution in [0.1, 0.15) is 49.4 Å². The number of carbonyl (C=O) groups is 1. The minimum Gasteiger partial charge on any atom is -0.491 e. The van der Waals surface area contributed by atoms with Gasteiger partial charge in [-0.05, 0) is 63.3 Å². The molecule has 2 heterocycles. The van der Waals surface area contributed by atoms with Crippen LogP contribution in [0.2, 0.25) is 0 Å². The van der Waals surface area contributed by atoms with Crippen molar-refractivity contribution in [3.63, 3.8) is 0 Å². The molecule has 1 aromatic rings. The number of rotatable bonds is 5. The maximum Gasteiger partial charge on any atom is 0.254 e. The molecule has 2 fully saturated rings. The van der Waals surface area contributed by atoms with Crippen molar-refractivity contribution in [2.24, 2.45) is 5.73 Å². The van der Waals surface area contributed by atoms with Crippen LogP contribution in [0.3, 0.4) is 0 Å². The largest absolute Gasteiger partial charge is 0.491 e. The minimum atomic E-state index is 0. The molecule has 0 radical (unpaired) electrons. The Morgan fingerprint density at radius 2 is 2.04 bits per heavy atom. The molecular formula is C19H29ClN2O3. The first-order valence-electron chi connectivity index (χ1n) is 9.06. The fourth-order valence-electron chi connectivity index (χ4n) is 3.58. The Hall–Kier alpha value is -1.30. The van der Waals surface area contributed by atoms with Gasteiger partial charge >= 0.3 is 0 Å². The molecule has 3 rings (SSSR count). The van der Waals surface area contributed by atoms with Gasteiger partial charge in [0.05, 0.1) is 6.10 Å². The SMILES string of the molecule is CC(N)C1CCCCN1C(=O)c1ccc(OCC2CCCO2)cc1.Cl. The van der Waals surface area contributed by atoms with Gasteiger partial charge in [-0.3, -0.25) is 4.79 Å². The van der Waals surface area contributed by atoms with E-state index >= 15 is 0 Å². The van der Waals surface area contributed by atoms with Gasteiger partial charge in [0, 0.05) is 30.8 Å². The van der Waals surface area contributed by atoms with E-state index in [-0.39, 0.29) is 36.5 Å². The van der Waals surface area contributed by atoms with Crippen LogP contribution in [-0.2, 0) is 4.74 Å². The van der Waals surface area contributed by atoms with E-state index < -0.39 is 0 Å². The number of piperidine rings is 1. The van der Waals surface area contributed by atoms with E-state index in [1.807, 2.05) is 36.1 Å². The molecule has 0 saturated carbocycles. The average molecular weight is 369 g/mol. The lowest BCUT2D eigenvalue weighted by Gasteiger charge is -2.38. The number of carbonyl (C=O) groups excluding carboxylic acids is 1. The van der Waals surface area contributed by atoms with Gasteiger partial charge in [-0.2, -0.15) is 0 Å². The molecule has 0 spiro atoms. The number of ether oxygens (including phenoxy) is 2. The molecular weight excluding hydrogens is 340 g/mol. The smallest absolute Gasteiger partial charge is 0.254 e. The van der Waals surface area contributed by atoms with Crippen LogP contribution in [0.25, 0.3) is 0 Å². The summed E-state index contributed by atoms with van der Waals surface area (Å²) in [6, 6.07) is 7.57. The van der Waals surface area contributed by atoms with Crippen LogP contribution in [-0.4, -0.2) is 48.8 Å². The maximum atomic E-state index is 12.8. The molecule has 0 aliphatic carbocycles. The van der Waals surface area contributed by atoms with Crippen LogP contribution < -0.4 is 10.5 Å². The third kappa shape index (κ3) is 5.09. The molecule has 2 aliphatic heterocycles. The zero-order valence-corrected chi connectivity index (χ0v) is 15.7. The van der Waals surface area contributed by atoms with Crippen molar-refractivity contribution >= 4 is 18.3 Å². The fraction of sp³-hybridized carbons (Fsp3) is 0.632. The normalized spacial score (nSPS) is 24.5. The number of hydrogen-bond donors (Lipinski definition) is 1. The molecule has 140 valence electrons. The first-order chi connectivity index (χ1) is 11.6. The Morgan fingerprint density at radius 3 is 2.68 bits per heavy atom. The van der Waals surface area contributed by atoms with Crippen molar-refractivity contribution < 1.29 is 14.3 Å². The first kappa shape index (κ1) is 20.0. The number of amides is 1. The number of nitrogens with two attached hydrogens (primary N) is 1. The molecule has 6 heteroatoms. The van der Waals surface area contributed by atoms with E-state index in [0.29, 0.717) is 12.2 Å². The summed E-state index contributed by atoms with van der Waals surface area (Å²) in [7, 11) is 0. The third-order valence-corrected chi connectivity index (χ3v) is 4.98. The van der Waals surface area contributed by atoms with E-state index in [4.69, 9.17) is 15.2 Å². The number of benzene rings is 1. The molecule has 1 aromatic carbocycles. The Bertz CT molecular complexity index is 544. The van der Waals surface area contributed by atoms with Gasteiger partial charge in [-0.1, -0.05) is 0 Å². The van der Waals surface area contributed by atoms with E-state index in [1.165, 1.54) is 0 Å². The molecule has 3 atom stereocenters. The van der Waals surface area contributed by atoms with Crippen molar-refractivity contribution in [2.75, 3.05) is 19.8 Å². The highest BCUT2D eigenvalue weighted by atomic mass is 35.5. The molecule has 0 bridgehead atoms. The topological polar surface area (TPSA) is 64.8 Å². The van der Waals surface area contributed by atoms with Gasteiger partial charge in [0.25, 0.3) is 5.91 Å². The van der Waals surface area contributed by atoms with E-state index in [1.54, 1.807) is 0 Å². The van der Waals surface area contributed by atoms with Crippen LogP contribution >= 0.6 is 12.4 Å². The maximum absolute atomic E-state index is 12.8. The van der Waals surface area contributed by atoms with Crippen LogP contribution in [0.15, 0.2) is 24.3 Å². The average Bonchev–Trinajstić information content (AvgIpc) is 3.13. The molecule has 2 saturated heterocycles. The lowest BCUT2D eigenvalue weighted by atomic mass is 9.96. The van der Waals surface area contributed by atoms with Gasteiger partial charge < -0.3 is 20.1 Å². The summed E-state index contributed by atoms with van der Waals surface area (Å²) < 4.78 is 11.3. The fourth-order valence-corrected chi connectivity index (χ4v) is 3.58. The lowest BCUT2D eigenvalue weighted by molar-refractivity contribution is 0.0583. The molecule has 3 unspecified atom stereocenters. The predicted molar refractivity (Wildman–Crippen MR) is 100 cm³/mol. The highest BCUT2D eigenvalue weighted by Crippen LogP contribution is 2.23. The Balaban J connectivity index is 0.00000225. The summed E-state index contributed by atoms with van der Waals surface area (Å²) in [6.45, 7) is 4.19. The summed E-state index contributed by atoms with van der Waals surface area (Å²) in [5.74, 6) is 0.854. The summed E-state index contributed by atoms with van der Waals surface area (Å²) in [5, 5.41) is 0. The molecule has 1 amide bonds. The van der Waals surface area contributed by atoms with Crippen LogP contribution in [0.5, 0.6) is 5.75 Å². The summed E-state index contributed by atoms with van der Waals surface area (Å²) >= 11 is 0. The Morgan fingerprint density at radius 1 is 1.28 bits per heavy atom. The zero-order valence-electron chi connectivity index (χ0n) is 14.9. The van der Waals surface area contributed by atoms with Crippen molar-refractivity contribution in [1.82, 2.24) is 4.90 Å². The quantitative estimate of drug-likeness (QED) is 0.867. The van der Waals surface area contributed by atoms with Gasteiger partial charge in [-0.15, -0.1) is 12.4 Å². The number of hydrogen-bond acceptors (Lipinski definition) is 4. The van der Waals surface area contributed by atoms with E-state index in [0.717, 1.165) is 51.0 Å². The molecule has 2 N–H and O–H groups in total. The van der Waals surface area contributed by atoms with Gasteiger partial charge in [-0.25, -0.2) is 0 Å². The van der Waals surface area contributed by atoms with Gasteiger partial charge in [0.1, 0.15) is 12.4 Å². The van der Waals surface area contributed by atoms with Crippen LogP contribution in [0.4, 0.5) is 0 Å². The standard InChI is InChI=1S/C19H28N2O3.ClH/c1-14(20)18-6-2-3-11-21(18)19(22)15-7-9-16(10-8-15)24-13-17-5-4-12-23-17;/h7-10,14,17-18H,2-6,11-13,20H2,1H3;1H. The minimum absolute atomic E-state index is 0. The monoisotopic (exact) mass is 368 g/mol. The summed E-state index contributed by atoms with van der Waals surface area (Å²) in [4.78, 5) is 14.7. The van der Waals surface area contributed by atoms with Gasteiger partial charge in [0.15, 0.2) is 0 Å². The second-order valence-corrected chi connectivity index (χ2v) is 6.89. The first-order valence-corrected chi connectivity index (χ1v) is 9.06. The Labute approximate surface area is 156 Å². The van der Waals surface area contributed by atoms with E-state index in [2.05, 4.69) is 0 Å². The number of likely N-dealkylation sites (tertiary alicyclic amines) is 1. The van der Waals surface area contributed by atoms with Crippen LogP contribution in [0, 0.1) is 0 Å². The second kappa shape index (κ2) is 9.41. The van der Waals surface area contributed by atoms with Crippen molar-refractivity contribution in [3.05, 3.63) is 29.8 Å². The van der Waals surface area contributed by atoms with Gasteiger partial charge in [0.2, 0.25) is 0 Å². The Kier molecular flexibility index (Phi) is 7.54.